The Hall–Kier alpha value is -1.69. The van der Waals surface area contributed by atoms with Crippen LogP contribution >= 0.6 is 11.3 Å². The van der Waals surface area contributed by atoms with Crippen LogP contribution in [0.2, 0.25) is 0 Å². The van der Waals surface area contributed by atoms with Crippen LogP contribution in [0, 0.1) is 0 Å². The van der Waals surface area contributed by atoms with Gasteiger partial charge in [-0.1, -0.05) is 24.3 Å². The Bertz CT molecular complexity index is 592. The van der Waals surface area contributed by atoms with Gasteiger partial charge in [-0.05, 0) is 23.6 Å². The van der Waals surface area contributed by atoms with Gasteiger partial charge in [0.1, 0.15) is 0 Å². The van der Waals surface area contributed by atoms with E-state index in [1.807, 2.05) is 41.7 Å². The Morgan fingerprint density at radius 3 is 2.43 bits per heavy atom. The molecule has 1 aromatic carbocycles. The Labute approximate surface area is 141 Å². The summed E-state index contributed by atoms with van der Waals surface area (Å²) in [6, 6.07) is 14.0. The maximum Gasteiger partial charge on any atom is 0.225 e. The van der Waals surface area contributed by atoms with E-state index in [0.717, 1.165) is 45.0 Å². The van der Waals surface area contributed by atoms with E-state index in [9.17, 15) is 4.79 Å². The number of nitrogens with one attached hydrogen (secondary N) is 1. The third kappa shape index (κ3) is 5.16. The number of anilines is 1. The highest BCUT2D eigenvalue weighted by Crippen LogP contribution is 2.13. The summed E-state index contributed by atoms with van der Waals surface area (Å²) in [4.78, 5) is 18.3. The molecule has 1 N–H and O–H groups in total. The number of hydrogen-bond donors (Lipinski definition) is 1. The van der Waals surface area contributed by atoms with E-state index in [1.165, 1.54) is 4.88 Å². The quantitative estimate of drug-likeness (QED) is 0.885. The predicted octanol–water partition coefficient (Wildman–Crippen LogP) is 2.89. The number of para-hydroxylation sites is 1. The fourth-order valence-corrected chi connectivity index (χ4v) is 3.54. The summed E-state index contributed by atoms with van der Waals surface area (Å²) in [6.45, 7) is 6.15. The number of nitrogens with zero attached hydrogens (tertiary/aromatic N) is 2. The topological polar surface area (TPSA) is 35.6 Å². The standard InChI is InChI=1S/C18H23N3OS/c22-18(19-16-5-2-1-3-6-16)8-9-20-10-12-21(13-11-20)15-17-7-4-14-23-17/h1-7,14H,8-13,15H2,(H,19,22). The van der Waals surface area contributed by atoms with Gasteiger partial charge in [-0.2, -0.15) is 0 Å². The maximum absolute atomic E-state index is 12.0. The Balaban J connectivity index is 1.35. The number of piperazine rings is 1. The van der Waals surface area contributed by atoms with Crippen LogP contribution in [0.3, 0.4) is 0 Å². The highest BCUT2D eigenvalue weighted by molar-refractivity contribution is 7.09. The minimum atomic E-state index is 0.0946. The molecule has 4 nitrogen and oxygen atoms in total. The Morgan fingerprint density at radius 1 is 1.00 bits per heavy atom. The summed E-state index contributed by atoms with van der Waals surface area (Å²) in [5.41, 5.74) is 0.873. The first-order valence-corrected chi connectivity index (χ1v) is 8.99. The van der Waals surface area contributed by atoms with Crippen molar-refractivity contribution in [2.45, 2.75) is 13.0 Å². The second kappa shape index (κ2) is 8.24. The smallest absolute Gasteiger partial charge is 0.225 e. The average molecular weight is 329 g/mol. The molecule has 1 amide bonds. The lowest BCUT2D eigenvalue weighted by atomic mass is 10.2. The van der Waals surface area contributed by atoms with E-state index in [2.05, 4.69) is 32.6 Å². The fourth-order valence-electron chi connectivity index (χ4n) is 2.80. The van der Waals surface area contributed by atoms with Crippen LogP contribution in [-0.4, -0.2) is 48.4 Å². The van der Waals surface area contributed by atoms with E-state index >= 15 is 0 Å². The highest BCUT2D eigenvalue weighted by atomic mass is 32.1. The number of benzene rings is 1. The third-order valence-electron chi connectivity index (χ3n) is 4.14. The van der Waals surface area contributed by atoms with Gasteiger partial charge in [0.15, 0.2) is 0 Å². The molecule has 2 aromatic rings. The molecule has 1 aromatic heterocycles. The minimum absolute atomic E-state index is 0.0946. The van der Waals surface area contributed by atoms with Crippen molar-refractivity contribution in [2.24, 2.45) is 0 Å². The third-order valence-corrected chi connectivity index (χ3v) is 5.00. The highest BCUT2D eigenvalue weighted by Gasteiger charge is 2.17. The molecule has 1 aliphatic rings. The van der Waals surface area contributed by atoms with Crippen LogP contribution in [-0.2, 0) is 11.3 Å². The van der Waals surface area contributed by atoms with Crippen molar-refractivity contribution in [1.82, 2.24) is 9.80 Å². The molecule has 3 rings (SSSR count). The number of carbonyl (C=O) groups is 1. The molecule has 1 aliphatic heterocycles. The molecule has 1 fully saturated rings. The summed E-state index contributed by atoms with van der Waals surface area (Å²) in [5, 5.41) is 5.08. The van der Waals surface area contributed by atoms with Crippen molar-refractivity contribution < 1.29 is 4.79 Å². The molecule has 0 unspecified atom stereocenters. The van der Waals surface area contributed by atoms with Gasteiger partial charge in [0, 0.05) is 56.3 Å². The lowest BCUT2D eigenvalue weighted by Crippen LogP contribution is -2.46. The molecular weight excluding hydrogens is 306 g/mol. The van der Waals surface area contributed by atoms with Crippen LogP contribution in [0.15, 0.2) is 47.8 Å². The number of carbonyl (C=O) groups excluding carboxylic acids is 1. The number of thiophene rings is 1. The average Bonchev–Trinajstić information content (AvgIpc) is 3.08. The maximum atomic E-state index is 12.0. The zero-order valence-electron chi connectivity index (χ0n) is 13.3. The molecular formula is C18H23N3OS. The van der Waals surface area contributed by atoms with Crippen molar-refractivity contribution in [3.8, 4) is 0 Å². The molecule has 0 saturated carbocycles. The first-order chi connectivity index (χ1) is 11.3. The molecule has 5 heteroatoms. The van der Waals surface area contributed by atoms with Crippen molar-refractivity contribution in [3.63, 3.8) is 0 Å². The van der Waals surface area contributed by atoms with Gasteiger partial charge < -0.3 is 10.2 Å². The molecule has 0 bridgehead atoms. The Morgan fingerprint density at radius 2 is 1.74 bits per heavy atom. The predicted molar refractivity (Wildman–Crippen MR) is 95.7 cm³/mol. The summed E-state index contributed by atoms with van der Waals surface area (Å²) < 4.78 is 0. The first kappa shape index (κ1) is 16.2. The zero-order chi connectivity index (χ0) is 15.9. The summed E-state index contributed by atoms with van der Waals surface area (Å²) in [7, 11) is 0. The number of amides is 1. The molecule has 23 heavy (non-hydrogen) atoms. The zero-order valence-corrected chi connectivity index (χ0v) is 14.1. The van der Waals surface area contributed by atoms with Gasteiger partial charge in [0.25, 0.3) is 0 Å². The largest absolute Gasteiger partial charge is 0.326 e. The lowest BCUT2D eigenvalue weighted by Gasteiger charge is -2.34. The second-order valence-electron chi connectivity index (χ2n) is 5.86. The molecule has 122 valence electrons. The van der Waals surface area contributed by atoms with Crippen LogP contribution in [0.1, 0.15) is 11.3 Å². The van der Waals surface area contributed by atoms with Crippen LogP contribution in [0.5, 0.6) is 0 Å². The van der Waals surface area contributed by atoms with Crippen LogP contribution in [0.25, 0.3) is 0 Å². The van der Waals surface area contributed by atoms with E-state index in [1.54, 1.807) is 0 Å². The molecule has 1 saturated heterocycles. The van der Waals surface area contributed by atoms with Crippen LogP contribution < -0.4 is 5.32 Å². The molecule has 2 heterocycles. The van der Waals surface area contributed by atoms with Gasteiger partial charge in [-0.15, -0.1) is 11.3 Å². The molecule has 0 atom stereocenters. The monoisotopic (exact) mass is 329 g/mol. The van der Waals surface area contributed by atoms with E-state index in [-0.39, 0.29) is 5.91 Å². The molecule has 0 spiro atoms. The molecule has 0 radical (unpaired) electrons. The summed E-state index contributed by atoms with van der Waals surface area (Å²) in [5.74, 6) is 0.0946. The van der Waals surface area contributed by atoms with Crippen molar-refractivity contribution in [1.29, 1.82) is 0 Å². The van der Waals surface area contributed by atoms with E-state index < -0.39 is 0 Å². The fraction of sp³-hybridized carbons (Fsp3) is 0.389. The van der Waals surface area contributed by atoms with Crippen molar-refractivity contribution in [3.05, 3.63) is 52.7 Å². The number of hydrogen-bond acceptors (Lipinski definition) is 4. The lowest BCUT2D eigenvalue weighted by molar-refractivity contribution is -0.116. The van der Waals surface area contributed by atoms with Gasteiger partial charge >= 0.3 is 0 Å². The number of rotatable bonds is 6. The SMILES string of the molecule is O=C(CCN1CCN(Cc2cccs2)CC1)Nc1ccccc1. The minimum Gasteiger partial charge on any atom is -0.326 e. The van der Waals surface area contributed by atoms with Crippen LogP contribution in [0.4, 0.5) is 5.69 Å². The van der Waals surface area contributed by atoms with Crippen molar-refractivity contribution in [2.75, 3.05) is 38.0 Å². The Kier molecular flexibility index (Phi) is 5.80. The van der Waals surface area contributed by atoms with Gasteiger partial charge in [0.2, 0.25) is 5.91 Å². The summed E-state index contributed by atoms with van der Waals surface area (Å²) >= 11 is 1.82. The summed E-state index contributed by atoms with van der Waals surface area (Å²) in [6.07, 6.45) is 0.555. The second-order valence-corrected chi connectivity index (χ2v) is 6.89. The first-order valence-electron chi connectivity index (χ1n) is 8.11. The van der Waals surface area contributed by atoms with Gasteiger partial charge in [-0.3, -0.25) is 9.69 Å². The van der Waals surface area contributed by atoms with Crippen molar-refractivity contribution >= 4 is 22.9 Å². The van der Waals surface area contributed by atoms with Gasteiger partial charge in [0.05, 0.1) is 0 Å². The van der Waals surface area contributed by atoms with Gasteiger partial charge in [-0.25, -0.2) is 0 Å². The van der Waals surface area contributed by atoms with E-state index in [0.29, 0.717) is 6.42 Å². The normalized spacial score (nSPS) is 16.3. The van der Waals surface area contributed by atoms with E-state index in [4.69, 9.17) is 0 Å². The molecule has 0 aliphatic carbocycles.